The van der Waals surface area contributed by atoms with Gasteiger partial charge in [-0.15, -0.1) is 0 Å². The lowest BCUT2D eigenvalue weighted by Crippen LogP contribution is -2.29. The third-order valence-electron chi connectivity index (χ3n) is 4.97. The van der Waals surface area contributed by atoms with Crippen LogP contribution in [0.5, 0.6) is 5.75 Å². The van der Waals surface area contributed by atoms with Crippen LogP contribution in [-0.2, 0) is 6.54 Å². The van der Waals surface area contributed by atoms with E-state index in [2.05, 4.69) is 47.1 Å². The zero-order valence-electron chi connectivity index (χ0n) is 15.6. The number of nitrogens with zero attached hydrogens (tertiary/aromatic N) is 4. The highest BCUT2D eigenvalue weighted by atomic mass is 16.5. The van der Waals surface area contributed by atoms with Crippen molar-refractivity contribution in [1.82, 2.24) is 19.8 Å². The maximum Gasteiger partial charge on any atom is 0.145 e. The van der Waals surface area contributed by atoms with E-state index >= 15 is 0 Å². The Morgan fingerprint density at radius 3 is 3.00 bits per heavy atom. The molecule has 1 saturated heterocycles. The van der Waals surface area contributed by atoms with Crippen molar-refractivity contribution in [3.05, 3.63) is 59.2 Å². The van der Waals surface area contributed by atoms with E-state index in [1.165, 1.54) is 17.6 Å². The summed E-state index contributed by atoms with van der Waals surface area (Å²) in [5, 5.41) is 0. The van der Waals surface area contributed by atoms with E-state index in [4.69, 9.17) is 9.72 Å². The van der Waals surface area contributed by atoms with E-state index in [-0.39, 0.29) is 0 Å². The summed E-state index contributed by atoms with van der Waals surface area (Å²) < 4.78 is 5.92. The molecule has 1 atom stereocenters. The van der Waals surface area contributed by atoms with Crippen molar-refractivity contribution in [2.45, 2.75) is 25.4 Å². The lowest BCUT2D eigenvalue weighted by atomic mass is 10.1. The second-order valence-electron chi connectivity index (χ2n) is 7.40. The number of fused-ring (bicyclic) bond motifs is 1. The summed E-state index contributed by atoms with van der Waals surface area (Å²) in [6, 6.07) is 10.5. The average molecular weight is 350 g/mol. The average Bonchev–Trinajstić information content (AvgIpc) is 3.09. The van der Waals surface area contributed by atoms with Crippen LogP contribution in [0.1, 0.15) is 36.0 Å². The van der Waals surface area contributed by atoms with E-state index < -0.39 is 0 Å². The number of para-hydroxylation sites is 1. The Balaban J connectivity index is 1.50. The molecule has 0 unspecified atom stereocenters. The molecule has 0 radical (unpaired) electrons. The Morgan fingerprint density at radius 1 is 1.23 bits per heavy atom. The predicted octanol–water partition coefficient (Wildman–Crippen LogP) is 3.15. The fourth-order valence-electron chi connectivity index (χ4n) is 3.81. The highest BCUT2D eigenvalue weighted by Gasteiger charge is 2.29. The van der Waals surface area contributed by atoms with E-state index in [0.29, 0.717) is 12.6 Å². The van der Waals surface area contributed by atoms with Crippen molar-refractivity contribution in [3.63, 3.8) is 0 Å². The van der Waals surface area contributed by atoms with E-state index in [1.54, 1.807) is 0 Å². The number of likely N-dealkylation sites (tertiary alicyclic amines) is 1. The standard InChI is InChI=1S/C21H26N4O/c1-24(2)14-18-9-10-22-21(23-18)19-7-5-11-25(19)13-16-12-17-6-3-4-8-20(17)26-15-16/h3-4,6,8-10,12,19H,5,7,11,13-15H2,1-2H3/t19-/m1/s1. The van der Waals surface area contributed by atoms with Crippen LogP contribution < -0.4 is 4.74 Å². The summed E-state index contributed by atoms with van der Waals surface area (Å²) in [5.41, 5.74) is 3.58. The third-order valence-corrected chi connectivity index (χ3v) is 4.97. The van der Waals surface area contributed by atoms with Crippen LogP contribution in [0.3, 0.4) is 0 Å². The van der Waals surface area contributed by atoms with E-state index in [1.807, 2.05) is 24.4 Å². The van der Waals surface area contributed by atoms with Crippen LogP contribution in [0.2, 0.25) is 0 Å². The quantitative estimate of drug-likeness (QED) is 0.829. The first kappa shape index (κ1) is 17.2. The second kappa shape index (κ2) is 7.56. The smallest absolute Gasteiger partial charge is 0.145 e. The van der Waals surface area contributed by atoms with Gasteiger partial charge in [0.2, 0.25) is 0 Å². The zero-order chi connectivity index (χ0) is 17.9. The summed E-state index contributed by atoms with van der Waals surface area (Å²) in [6.45, 7) is 3.52. The van der Waals surface area contributed by atoms with Gasteiger partial charge >= 0.3 is 0 Å². The first-order chi connectivity index (χ1) is 12.7. The molecule has 0 spiro atoms. The molecule has 3 heterocycles. The van der Waals surface area contributed by atoms with Crippen LogP contribution in [-0.4, -0.2) is 53.6 Å². The van der Waals surface area contributed by atoms with Crippen LogP contribution in [0.4, 0.5) is 0 Å². The molecule has 26 heavy (non-hydrogen) atoms. The number of aromatic nitrogens is 2. The van der Waals surface area contributed by atoms with Crippen LogP contribution >= 0.6 is 0 Å². The number of rotatable bonds is 5. The molecule has 0 amide bonds. The largest absolute Gasteiger partial charge is 0.489 e. The van der Waals surface area contributed by atoms with Crippen molar-refractivity contribution in [3.8, 4) is 5.75 Å². The summed E-state index contributed by atoms with van der Waals surface area (Å²) >= 11 is 0. The SMILES string of the molecule is CN(C)Cc1ccnc([C@H]2CCCN2CC2=Cc3ccccc3OC2)n1. The van der Waals surface area contributed by atoms with Crippen molar-refractivity contribution >= 4 is 6.08 Å². The van der Waals surface area contributed by atoms with Gasteiger partial charge in [0, 0.05) is 24.8 Å². The predicted molar refractivity (Wildman–Crippen MR) is 103 cm³/mol. The third kappa shape index (κ3) is 3.79. The molecule has 2 aliphatic heterocycles. The molecule has 0 aliphatic carbocycles. The van der Waals surface area contributed by atoms with Gasteiger partial charge in [0.05, 0.1) is 11.7 Å². The van der Waals surface area contributed by atoms with Crippen molar-refractivity contribution in [2.75, 3.05) is 33.8 Å². The van der Waals surface area contributed by atoms with Gasteiger partial charge in [-0.25, -0.2) is 9.97 Å². The van der Waals surface area contributed by atoms with Gasteiger partial charge in [0.25, 0.3) is 0 Å². The second-order valence-corrected chi connectivity index (χ2v) is 7.40. The molecule has 1 fully saturated rings. The van der Waals surface area contributed by atoms with Gasteiger partial charge in [0.1, 0.15) is 18.2 Å². The number of hydrogen-bond donors (Lipinski definition) is 0. The van der Waals surface area contributed by atoms with Crippen LogP contribution in [0, 0.1) is 0 Å². The molecule has 136 valence electrons. The molecule has 1 aromatic carbocycles. The Hall–Kier alpha value is -2.24. The molecule has 0 N–H and O–H groups in total. The van der Waals surface area contributed by atoms with E-state index in [9.17, 15) is 0 Å². The maximum atomic E-state index is 5.92. The zero-order valence-corrected chi connectivity index (χ0v) is 15.6. The molecule has 0 saturated carbocycles. The normalized spacial score (nSPS) is 20.0. The molecule has 5 heteroatoms. The number of ether oxygens (including phenoxy) is 1. The van der Waals surface area contributed by atoms with Crippen molar-refractivity contribution in [2.24, 2.45) is 0 Å². The first-order valence-corrected chi connectivity index (χ1v) is 9.31. The molecular formula is C21H26N4O. The van der Waals surface area contributed by atoms with E-state index in [0.717, 1.165) is 43.3 Å². The van der Waals surface area contributed by atoms with Gasteiger partial charge in [0.15, 0.2) is 0 Å². The molecular weight excluding hydrogens is 324 g/mol. The lowest BCUT2D eigenvalue weighted by Gasteiger charge is -2.27. The molecule has 5 nitrogen and oxygen atoms in total. The monoisotopic (exact) mass is 350 g/mol. The topological polar surface area (TPSA) is 41.5 Å². The van der Waals surface area contributed by atoms with Gasteiger partial charge in [-0.2, -0.15) is 0 Å². The van der Waals surface area contributed by atoms with Gasteiger partial charge in [-0.05, 0) is 57.3 Å². The summed E-state index contributed by atoms with van der Waals surface area (Å²) in [4.78, 5) is 14.1. The lowest BCUT2D eigenvalue weighted by molar-refractivity contribution is 0.251. The summed E-state index contributed by atoms with van der Waals surface area (Å²) in [5.74, 6) is 1.94. The molecule has 0 bridgehead atoms. The fraction of sp³-hybridized carbons (Fsp3) is 0.429. The van der Waals surface area contributed by atoms with Gasteiger partial charge < -0.3 is 9.64 Å². The molecule has 1 aromatic heterocycles. The summed E-state index contributed by atoms with van der Waals surface area (Å²) in [7, 11) is 4.13. The number of benzene rings is 1. The first-order valence-electron chi connectivity index (χ1n) is 9.31. The highest BCUT2D eigenvalue weighted by molar-refractivity contribution is 5.62. The maximum absolute atomic E-state index is 5.92. The Kier molecular flexibility index (Phi) is 5.00. The van der Waals surface area contributed by atoms with Crippen LogP contribution in [0.15, 0.2) is 42.1 Å². The molecule has 2 aromatic rings. The van der Waals surface area contributed by atoms with Crippen molar-refractivity contribution < 1.29 is 4.74 Å². The summed E-state index contributed by atoms with van der Waals surface area (Å²) in [6.07, 6.45) is 6.49. The van der Waals surface area contributed by atoms with Crippen LogP contribution in [0.25, 0.3) is 6.08 Å². The molecule has 2 aliphatic rings. The minimum absolute atomic E-state index is 0.301. The Morgan fingerprint density at radius 2 is 2.12 bits per heavy atom. The number of hydrogen-bond acceptors (Lipinski definition) is 5. The van der Waals surface area contributed by atoms with Gasteiger partial charge in [-0.1, -0.05) is 18.2 Å². The fourth-order valence-corrected chi connectivity index (χ4v) is 3.81. The van der Waals surface area contributed by atoms with Gasteiger partial charge in [-0.3, -0.25) is 4.90 Å². The highest BCUT2D eigenvalue weighted by Crippen LogP contribution is 2.32. The molecule has 4 rings (SSSR count). The Bertz CT molecular complexity index is 802. The minimum atomic E-state index is 0.301. The Labute approximate surface area is 155 Å². The van der Waals surface area contributed by atoms with Crippen molar-refractivity contribution in [1.29, 1.82) is 0 Å². The minimum Gasteiger partial charge on any atom is -0.489 e.